The number of halogens is 3. The first-order valence-electron chi connectivity index (χ1n) is 11.6. The molecule has 0 aliphatic carbocycles. The van der Waals surface area contributed by atoms with Crippen molar-refractivity contribution in [2.75, 3.05) is 6.26 Å². The number of benzene rings is 2. The zero-order chi connectivity index (χ0) is 28.4. The Morgan fingerprint density at radius 2 is 1.76 bits per heavy atom. The second-order valence-corrected chi connectivity index (χ2v) is 11.4. The lowest BCUT2D eigenvalue weighted by molar-refractivity contribution is -0.137. The van der Waals surface area contributed by atoms with Gasteiger partial charge < -0.3 is 9.88 Å². The van der Waals surface area contributed by atoms with Gasteiger partial charge in [-0.3, -0.25) is 9.59 Å². The van der Waals surface area contributed by atoms with Crippen LogP contribution in [0.4, 0.5) is 13.2 Å². The molecule has 200 valence electrons. The zero-order valence-corrected chi connectivity index (χ0v) is 22.3. The van der Waals surface area contributed by atoms with Crippen molar-refractivity contribution in [3.63, 3.8) is 0 Å². The molecule has 38 heavy (non-hydrogen) atoms. The molecule has 11 heteroatoms. The van der Waals surface area contributed by atoms with Crippen molar-refractivity contribution in [1.29, 1.82) is 5.26 Å². The Bertz CT molecular complexity index is 1590. The summed E-state index contributed by atoms with van der Waals surface area (Å²) in [5.41, 5.74) is -0.601. The molecule has 7 nitrogen and oxygen atoms in total. The molecule has 1 N–H and O–H groups in total. The van der Waals surface area contributed by atoms with Crippen LogP contribution in [-0.2, 0) is 15.9 Å². The van der Waals surface area contributed by atoms with E-state index in [1.807, 2.05) is 13.8 Å². The topological polar surface area (TPSA) is 104 Å². The fourth-order valence-electron chi connectivity index (χ4n) is 4.11. The Hall–Kier alpha value is -3.91. The Balaban J connectivity index is 2.03. The predicted octanol–water partition coefficient (Wildman–Crippen LogP) is 5.85. The SMILES string of the molecule is Cc1c(-c2cccc(C(F)(F)F)c2)c(=O)c(C(=O)NC(C)c2ccc(S(C)(=O)=NC#N)cc2)cn1C(C)C. The van der Waals surface area contributed by atoms with Crippen molar-refractivity contribution in [3.8, 4) is 17.3 Å². The molecule has 0 radical (unpaired) electrons. The molecular weight excluding hydrogens is 517 g/mol. The van der Waals surface area contributed by atoms with Crippen molar-refractivity contribution < 1.29 is 22.2 Å². The molecule has 0 spiro atoms. The largest absolute Gasteiger partial charge is 0.416 e. The van der Waals surface area contributed by atoms with Gasteiger partial charge in [-0.1, -0.05) is 24.3 Å². The third-order valence-electron chi connectivity index (χ3n) is 6.15. The Kier molecular flexibility index (Phi) is 8.17. The second-order valence-electron chi connectivity index (χ2n) is 9.17. The van der Waals surface area contributed by atoms with Gasteiger partial charge in [-0.15, -0.1) is 4.36 Å². The van der Waals surface area contributed by atoms with E-state index in [0.29, 0.717) is 16.2 Å². The molecule has 0 aliphatic heterocycles. The quantitative estimate of drug-likeness (QED) is 0.393. The Morgan fingerprint density at radius 3 is 2.32 bits per heavy atom. The number of hydrogen-bond acceptors (Lipinski definition) is 5. The van der Waals surface area contributed by atoms with Crippen LogP contribution < -0.4 is 10.7 Å². The lowest BCUT2D eigenvalue weighted by Crippen LogP contribution is -2.33. The predicted molar refractivity (Wildman–Crippen MR) is 139 cm³/mol. The third-order valence-corrected chi connectivity index (χ3v) is 7.73. The van der Waals surface area contributed by atoms with E-state index in [1.165, 1.54) is 24.6 Å². The van der Waals surface area contributed by atoms with Crippen molar-refractivity contribution in [2.45, 2.75) is 50.9 Å². The molecule has 1 amide bonds. The first-order valence-corrected chi connectivity index (χ1v) is 13.5. The summed E-state index contributed by atoms with van der Waals surface area (Å²) in [7, 11) is -2.87. The summed E-state index contributed by atoms with van der Waals surface area (Å²) < 4.78 is 57.6. The van der Waals surface area contributed by atoms with Gasteiger partial charge in [0.05, 0.1) is 21.3 Å². The number of carbonyl (C=O) groups is 1. The molecular formula is C27H27F3N4O3S. The number of nitriles is 1. The van der Waals surface area contributed by atoms with Crippen LogP contribution in [0, 0.1) is 18.4 Å². The monoisotopic (exact) mass is 544 g/mol. The highest BCUT2D eigenvalue weighted by atomic mass is 32.2. The number of pyridine rings is 1. The Labute approximate surface area is 219 Å². The van der Waals surface area contributed by atoms with E-state index < -0.39 is 38.8 Å². The van der Waals surface area contributed by atoms with Gasteiger partial charge >= 0.3 is 6.18 Å². The van der Waals surface area contributed by atoms with E-state index >= 15 is 0 Å². The first kappa shape index (κ1) is 28.7. The Morgan fingerprint density at radius 1 is 1.13 bits per heavy atom. The average Bonchev–Trinajstić information content (AvgIpc) is 2.83. The number of amides is 1. The van der Waals surface area contributed by atoms with Crippen molar-refractivity contribution in [1.82, 2.24) is 9.88 Å². The van der Waals surface area contributed by atoms with Crippen LogP contribution in [0.2, 0.25) is 0 Å². The molecule has 0 saturated heterocycles. The maximum absolute atomic E-state index is 13.5. The summed E-state index contributed by atoms with van der Waals surface area (Å²) in [5, 5.41) is 11.5. The molecule has 1 heterocycles. The van der Waals surface area contributed by atoms with Gasteiger partial charge in [0.2, 0.25) is 11.6 Å². The summed E-state index contributed by atoms with van der Waals surface area (Å²) in [4.78, 5) is 27.1. The lowest BCUT2D eigenvalue weighted by atomic mass is 9.98. The zero-order valence-electron chi connectivity index (χ0n) is 21.5. The number of hydrogen-bond donors (Lipinski definition) is 1. The number of nitrogens with zero attached hydrogens (tertiary/aromatic N) is 3. The highest BCUT2D eigenvalue weighted by Crippen LogP contribution is 2.32. The van der Waals surface area contributed by atoms with Crippen LogP contribution >= 0.6 is 0 Å². The normalized spacial score (nSPS) is 13.9. The van der Waals surface area contributed by atoms with E-state index in [2.05, 4.69) is 9.68 Å². The smallest absolute Gasteiger partial charge is 0.348 e. The van der Waals surface area contributed by atoms with Crippen molar-refractivity contribution >= 4 is 15.6 Å². The summed E-state index contributed by atoms with van der Waals surface area (Å²) in [6.07, 6.45) is -0.287. The van der Waals surface area contributed by atoms with Crippen LogP contribution in [0.25, 0.3) is 11.1 Å². The molecule has 0 bridgehead atoms. The maximum atomic E-state index is 13.5. The standard InChI is InChI=1S/C27H27F3N4O3S/c1-16(2)34-14-23(25(35)24(18(34)4)20-7-6-8-21(13-20)27(28,29)30)26(36)33-17(3)19-9-11-22(12-10-19)38(5,37)32-15-31/h6-14,16-17H,1-5H3,(H,33,36). The molecule has 0 saturated carbocycles. The highest BCUT2D eigenvalue weighted by Gasteiger charge is 2.31. The van der Waals surface area contributed by atoms with Gasteiger partial charge in [0, 0.05) is 34.6 Å². The van der Waals surface area contributed by atoms with E-state index in [9.17, 15) is 27.0 Å². The summed E-state index contributed by atoms with van der Waals surface area (Å²) in [5.74, 6) is -0.687. The fraction of sp³-hybridized carbons (Fsp3) is 0.296. The molecule has 3 rings (SSSR count). The van der Waals surface area contributed by atoms with Gasteiger partial charge in [-0.2, -0.15) is 18.4 Å². The molecule has 0 fully saturated rings. The van der Waals surface area contributed by atoms with Crippen molar-refractivity contribution in [3.05, 3.63) is 87.3 Å². The minimum Gasteiger partial charge on any atom is -0.348 e. The third kappa shape index (κ3) is 5.97. The van der Waals surface area contributed by atoms with Crippen LogP contribution in [0.15, 0.2) is 68.8 Å². The molecule has 2 aromatic carbocycles. The maximum Gasteiger partial charge on any atom is 0.416 e. The lowest BCUT2D eigenvalue weighted by Gasteiger charge is -2.21. The van der Waals surface area contributed by atoms with Gasteiger partial charge in [0.25, 0.3) is 5.91 Å². The number of aromatic nitrogens is 1. The van der Waals surface area contributed by atoms with Gasteiger partial charge in [0.15, 0.2) is 0 Å². The summed E-state index contributed by atoms with van der Waals surface area (Å²) in [6, 6.07) is 10.1. The van der Waals surface area contributed by atoms with E-state index in [0.717, 1.165) is 12.1 Å². The minimum absolute atomic E-state index is 0.0217. The van der Waals surface area contributed by atoms with E-state index in [4.69, 9.17) is 5.26 Å². The van der Waals surface area contributed by atoms with Gasteiger partial charge in [-0.05, 0) is 63.1 Å². The van der Waals surface area contributed by atoms with Crippen LogP contribution in [-0.4, -0.2) is 20.9 Å². The van der Waals surface area contributed by atoms with Crippen LogP contribution in [0.5, 0.6) is 0 Å². The molecule has 2 atom stereocenters. The molecule has 2 unspecified atom stereocenters. The van der Waals surface area contributed by atoms with Gasteiger partial charge in [0.1, 0.15) is 5.56 Å². The summed E-state index contributed by atoms with van der Waals surface area (Å²) >= 11 is 0. The summed E-state index contributed by atoms with van der Waals surface area (Å²) in [6.45, 7) is 7.00. The van der Waals surface area contributed by atoms with Crippen LogP contribution in [0.3, 0.4) is 0 Å². The molecule has 0 aliphatic rings. The molecule has 1 aromatic heterocycles. The van der Waals surface area contributed by atoms with Crippen molar-refractivity contribution in [2.24, 2.45) is 4.36 Å². The van der Waals surface area contributed by atoms with Crippen LogP contribution in [0.1, 0.15) is 60.0 Å². The average molecular weight is 545 g/mol. The van der Waals surface area contributed by atoms with E-state index in [-0.39, 0.29) is 22.7 Å². The number of alkyl halides is 3. The minimum atomic E-state index is -4.59. The number of carbonyl (C=O) groups excluding carboxylic acids is 1. The fourth-order valence-corrected chi connectivity index (χ4v) is 5.01. The second kappa shape index (κ2) is 10.8. The van der Waals surface area contributed by atoms with E-state index in [1.54, 1.807) is 48.9 Å². The first-order chi connectivity index (χ1) is 17.7. The van der Waals surface area contributed by atoms with Gasteiger partial charge in [-0.25, -0.2) is 4.21 Å². The molecule has 3 aromatic rings. The number of nitrogens with one attached hydrogen (secondary N) is 1. The number of rotatable bonds is 6. The highest BCUT2D eigenvalue weighted by molar-refractivity contribution is 7.93.